The third-order valence-electron chi connectivity index (χ3n) is 3.47. The lowest BCUT2D eigenvalue weighted by molar-refractivity contribution is 0.262. The lowest BCUT2D eigenvalue weighted by Crippen LogP contribution is -2.23. The molecule has 2 amide bonds. The molecule has 0 saturated carbocycles. The minimum atomic E-state index is -0.410. The summed E-state index contributed by atoms with van der Waals surface area (Å²) in [6.45, 7) is 1.85. The number of aromatic nitrogens is 2. The number of carbonyl (C=O) groups is 1. The Hall–Kier alpha value is -3.15. The molecular formula is C17H16N4O2. The number of fused-ring (bicyclic) bond motifs is 1. The Bertz CT molecular complexity index is 947. The van der Waals surface area contributed by atoms with Crippen LogP contribution in [0.3, 0.4) is 0 Å². The highest BCUT2D eigenvalue weighted by Crippen LogP contribution is 2.20. The summed E-state index contributed by atoms with van der Waals surface area (Å²) in [5.74, 6) is 0.469. The Morgan fingerprint density at radius 2 is 1.78 bits per heavy atom. The predicted molar refractivity (Wildman–Crippen MR) is 90.8 cm³/mol. The number of nitrogens with zero attached hydrogens (tertiary/aromatic N) is 2. The second-order valence-corrected chi connectivity index (χ2v) is 5.25. The largest absolute Gasteiger partial charge is 0.324 e. The number of anilines is 2. The van der Waals surface area contributed by atoms with Crippen molar-refractivity contribution in [3.05, 3.63) is 64.7 Å². The van der Waals surface area contributed by atoms with Crippen LogP contribution < -0.4 is 16.2 Å². The zero-order chi connectivity index (χ0) is 16.4. The van der Waals surface area contributed by atoms with Crippen molar-refractivity contribution >= 4 is 28.3 Å². The quantitative estimate of drug-likeness (QED) is 0.764. The summed E-state index contributed by atoms with van der Waals surface area (Å²) in [4.78, 5) is 28.5. The van der Waals surface area contributed by atoms with E-state index in [2.05, 4.69) is 15.6 Å². The van der Waals surface area contributed by atoms with Crippen molar-refractivity contribution in [1.82, 2.24) is 9.55 Å². The van der Waals surface area contributed by atoms with Gasteiger partial charge in [0.05, 0.1) is 5.69 Å². The maximum atomic E-state index is 12.2. The molecule has 0 aliphatic carbocycles. The average molecular weight is 308 g/mol. The molecule has 1 aromatic carbocycles. The lowest BCUT2D eigenvalue weighted by Gasteiger charge is -2.11. The van der Waals surface area contributed by atoms with Crippen molar-refractivity contribution in [3.8, 4) is 0 Å². The van der Waals surface area contributed by atoms with Crippen LogP contribution in [0.2, 0.25) is 0 Å². The van der Waals surface area contributed by atoms with Crippen LogP contribution in [0, 0.1) is 6.92 Å². The molecule has 0 aliphatic rings. The van der Waals surface area contributed by atoms with E-state index in [9.17, 15) is 9.59 Å². The molecule has 2 N–H and O–H groups in total. The Morgan fingerprint density at radius 3 is 2.52 bits per heavy atom. The fraction of sp³-hybridized carbons (Fsp3) is 0.118. The number of amides is 2. The van der Waals surface area contributed by atoms with Crippen LogP contribution in [0.4, 0.5) is 16.3 Å². The van der Waals surface area contributed by atoms with E-state index < -0.39 is 6.03 Å². The normalized spacial score (nSPS) is 10.5. The molecule has 6 heteroatoms. The van der Waals surface area contributed by atoms with Crippen molar-refractivity contribution in [1.29, 1.82) is 0 Å². The molecule has 116 valence electrons. The minimum absolute atomic E-state index is 0.105. The maximum absolute atomic E-state index is 12.2. The van der Waals surface area contributed by atoms with Crippen molar-refractivity contribution in [2.45, 2.75) is 6.92 Å². The first-order chi connectivity index (χ1) is 11.0. The lowest BCUT2D eigenvalue weighted by atomic mass is 10.1. The number of aryl methyl sites for hydroxylation is 2. The third-order valence-corrected chi connectivity index (χ3v) is 3.47. The van der Waals surface area contributed by atoms with Crippen LogP contribution in [0.25, 0.3) is 10.8 Å². The highest BCUT2D eigenvalue weighted by atomic mass is 16.2. The van der Waals surface area contributed by atoms with E-state index in [4.69, 9.17) is 0 Å². The number of nitrogens with one attached hydrogen (secondary N) is 2. The SMILES string of the molecule is Cc1cccc(NC(=O)Nc2cn(C)c(=O)c3ccccc23)n1. The van der Waals surface area contributed by atoms with E-state index in [1.807, 2.05) is 25.1 Å². The number of rotatable bonds is 2. The van der Waals surface area contributed by atoms with Gasteiger partial charge in [-0.25, -0.2) is 9.78 Å². The molecule has 23 heavy (non-hydrogen) atoms. The van der Waals surface area contributed by atoms with Gasteiger partial charge in [-0.05, 0) is 25.1 Å². The molecule has 0 saturated heterocycles. The van der Waals surface area contributed by atoms with Crippen LogP contribution >= 0.6 is 0 Å². The molecule has 0 atom stereocenters. The Morgan fingerprint density at radius 1 is 1.04 bits per heavy atom. The van der Waals surface area contributed by atoms with E-state index in [1.54, 1.807) is 37.5 Å². The number of hydrogen-bond donors (Lipinski definition) is 2. The molecule has 3 rings (SSSR count). The minimum Gasteiger partial charge on any atom is -0.316 e. The van der Waals surface area contributed by atoms with Crippen molar-refractivity contribution in [3.63, 3.8) is 0 Å². The van der Waals surface area contributed by atoms with Gasteiger partial charge in [0.2, 0.25) is 0 Å². The van der Waals surface area contributed by atoms with Gasteiger partial charge in [-0.1, -0.05) is 24.3 Å². The monoisotopic (exact) mass is 308 g/mol. The molecule has 6 nitrogen and oxygen atoms in total. The van der Waals surface area contributed by atoms with Gasteiger partial charge in [0.1, 0.15) is 5.82 Å². The van der Waals surface area contributed by atoms with Gasteiger partial charge in [0.25, 0.3) is 5.56 Å². The number of carbonyl (C=O) groups excluding carboxylic acids is 1. The van der Waals surface area contributed by atoms with Crippen molar-refractivity contribution in [2.24, 2.45) is 7.05 Å². The topological polar surface area (TPSA) is 76.0 Å². The first kappa shape index (κ1) is 14.8. The van der Waals surface area contributed by atoms with Crippen LogP contribution in [-0.2, 0) is 7.05 Å². The highest BCUT2D eigenvalue weighted by Gasteiger charge is 2.10. The van der Waals surface area contributed by atoms with E-state index in [-0.39, 0.29) is 5.56 Å². The fourth-order valence-corrected chi connectivity index (χ4v) is 2.40. The Balaban J connectivity index is 1.91. The molecule has 0 aliphatic heterocycles. The van der Waals surface area contributed by atoms with Gasteiger partial charge in [-0.2, -0.15) is 0 Å². The zero-order valence-corrected chi connectivity index (χ0v) is 12.8. The van der Waals surface area contributed by atoms with Gasteiger partial charge < -0.3 is 9.88 Å². The van der Waals surface area contributed by atoms with Gasteiger partial charge in [0, 0.05) is 29.7 Å². The number of benzene rings is 1. The molecule has 0 unspecified atom stereocenters. The van der Waals surface area contributed by atoms with E-state index in [1.165, 1.54) is 4.57 Å². The Labute approximate surface area is 132 Å². The van der Waals surface area contributed by atoms with Gasteiger partial charge in [0.15, 0.2) is 0 Å². The summed E-state index contributed by atoms with van der Waals surface area (Å²) < 4.78 is 1.45. The van der Waals surface area contributed by atoms with Crippen LogP contribution in [-0.4, -0.2) is 15.6 Å². The number of urea groups is 1. The molecule has 0 fully saturated rings. The number of pyridine rings is 2. The van der Waals surface area contributed by atoms with Crippen molar-refractivity contribution < 1.29 is 4.79 Å². The summed E-state index contributed by atoms with van der Waals surface area (Å²) in [7, 11) is 1.65. The maximum Gasteiger partial charge on any atom is 0.324 e. The van der Waals surface area contributed by atoms with Crippen LogP contribution in [0.5, 0.6) is 0 Å². The van der Waals surface area contributed by atoms with Crippen LogP contribution in [0.1, 0.15) is 5.69 Å². The average Bonchev–Trinajstić information content (AvgIpc) is 2.52. The smallest absolute Gasteiger partial charge is 0.316 e. The number of hydrogen-bond acceptors (Lipinski definition) is 3. The second-order valence-electron chi connectivity index (χ2n) is 5.25. The molecule has 3 aromatic rings. The predicted octanol–water partition coefficient (Wildman–Crippen LogP) is 2.89. The molecule has 2 aromatic heterocycles. The van der Waals surface area contributed by atoms with Gasteiger partial charge >= 0.3 is 6.03 Å². The summed E-state index contributed by atoms with van der Waals surface area (Å²) in [6.07, 6.45) is 1.61. The van der Waals surface area contributed by atoms with Crippen LogP contribution in [0.15, 0.2) is 53.5 Å². The third kappa shape index (κ3) is 3.06. The first-order valence-electron chi connectivity index (χ1n) is 7.14. The molecule has 0 spiro atoms. The van der Waals surface area contributed by atoms with E-state index in [0.717, 1.165) is 5.69 Å². The van der Waals surface area contributed by atoms with Gasteiger partial charge in [-0.15, -0.1) is 0 Å². The van der Waals surface area contributed by atoms with Gasteiger partial charge in [-0.3, -0.25) is 10.1 Å². The fourth-order valence-electron chi connectivity index (χ4n) is 2.40. The Kier molecular flexibility index (Phi) is 3.80. The van der Waals surface area contributed by atoms with Crippen molar-refractivity contribution in [2.75, 3.05) is 10.6 Å². The summed E-state index contributed by atoms with van der Waals surface area (Å²) in [6, 6.07) is 12.1. The highest BCUT2D eigenvalue weighted by molar-refractivity contribution is 6.05. The molecule has 0 bridgehead atoms. The van der Waals surface area contributed by atoms with E-state index in [0.29, 0.717) is 22.3 Å². The molecule has 0 radical (unpaired) electrons. The second kappa shape index (κ2) is 5.92. The summed E-state index contributed by atoms with van der Waals surface area (Å²) >= 11 is 0. The first-order valence-corrected chi connectivity index (χ1v) is 7.14. The zero-order valence-electron chi connectivity index (χ0n) is 12.8. The summed E-state index contributed by atoms with van der Waals surface area (Å²) in [5.41, 5.74) is 1.27. The standard InChI is InChI=1S/C17H16N4O2/c1-11-6-5-9-15(18-11)20-17(23)19-14-10-21(2)16(22)13-8-4-3-7-12(13)14/h3-10H,1-2H3,(H2,18,19,20,23). The molecular weight excluding hydrogens is 292 g/mol. The molecule has 2 heterocycles. The summed E-state index contributed by atoms with van der Waals surface area (Å²) in [5, 5.41) is 6.71. The van der Waals surface area contributed by atoms with E-state index >= 15 is 0 Å².